The summed E-state index contributed by atoms with van der Waals surface area (Å²) in [6.45, 7) is 9.67. The topological polar surface area (TPSA) is 29.0 Å². The molecule has 0 fully saturated rings. The van der Waals surface area contributed by atoms with Crippen LogP contribution in [-0.2, 0) is 5.41 Å². The Balaban J connectivity index is 2.85. The van der Waals surface area contributed by atoms with Crippen molar-refractivity contribution in [3.8, 4) is 0 Å². The third kappa shape index (κ3) is 4.56. The van der Waals surface area contributed by atoms with Gasteiger partial charge in [-0.1, -0.05) is 40.5 Å². The Morgan fingerprint density at radius 3 is 2.44 bits per heavy atom. The standard InChI is InChI=1S/C14H24BrN3/c1-6-7-8-9-18(5)12-10-11(15)16-13(17-12)14(2,3)4/h10H,6-9H2,1-5H3. The van der Waals surface area contributed by atoms with Gasteiger partial charge in [0.1, 0.15) is 16.2 Å². The molecule has 102 valence electrons. The first-order chi connectivity index (χ1) is 8.34. The summed E-state index contributed by atoms with van der Waals surface area (Å²) >= 11 is 3.48. The number of unbranched alkanes of at least 4 members (excludes halogenated alkanes) is 2. The third-order valence-corrected chi connectivity index (χ3v) is 3.25. The highest BCUT2D eigenvalue weighted by Gasteiger charge is 2.19. The first-order valence-electron chi connectivity index (χ1n) is 6.60. The Morgan fingerprint density at radius 2 is 1.89 bits per heavy atom. The smallest absolute Gasteiger partial charge is 0.137 e. The molecular weight excluding hydrogens is 290 g/mol. The van der Waals surface area contributed by atoms with Gasteiger partial charge in [-0.2, -0.15) is 0 Å². The molecule has 0 radical (unpaired) electrons. The highest BCUT2D eigenvalue weighted by atomic mass is 79.9. The van der Waals surface area contributed by atoms with Gasteiger partial charge < -0.3 is 4.90 Å². The predicted octanol–water partition coefficient (Wildman–Crippen LogP) is 4.16. The van der Waals surface area contributed by atoms with E-state index in [1.54, 1.807) is 0 Å². The van der Waals surface area contributed by atoms with Crippen LogP contribution in [0.1, 0.15) is 52.8 Å². The maximum Gasteiger partial charge on any atom is 0.137 e. The van der Waals surface area contributed by atoms with E-state index in [0.717, 1.165) is 22.8 Å². The number of aromatic nitrogens is 2. The molecule has 1 heterocycles. The molecule has 0 amide bonds. The van der Waals surface area contributed by atoms with E-state index in [0.29, 0.717) is 0 Å². The van der Waals surface area contributed by atoms with Crippen LogP contribution in [0.2, 0.25) is 0 Å². The molecule has 0 saturated heterocycles. The van der Waals surface area contributed by atoms with Crippen molar-refractivity contribution in [3.05, 3.63) is 16.5 Å². The number of halogens is 1. The van der Waals surface area contributed by atoms with Crippen molar-refractivity contribution in [1.29, 1.82) is 0 Å². The van der Waals surface area contributed by atoms with E-state index in [9.17, 15) is 0 Å². The van der Waals surface area contributed by atoms with Crippen LogP contribution in [0.3, 0.4) is 0 Å². The van der Waals surface area contributed by atoms with Crippen LogP contribution >= 0.6 is 15.9 Å². The Morgan fingerprint density at radius 1 is 1.22 bits per heavy atom. The summed E-state index contributed by atoms with van der Waals surface area (Å²) in [6.07, 6.45) is 3.72. The Hall–Kier alpha value is -0.640. The van der Waals surface area contributed by atoms with Gasteiger partial charge in [-0.3, -0.25) is 0 Å². The van der Waals surface area contributed by atoms with Gasteiger partial charge in [0.05, 0.1) is 0 Å². The average molecular weight is 314 g/mol. The first kappa shape index (κ1) is 15.4. The van der Waals surface area contributed by atoms with Crippen molar-refractivity contribution in [2.45, 2.75) is 52.4 Å². The zero-order valence-corrected chi connectivity index (χ0v) is 13.7. The molecule has 18 heavy (non-hydrogen) atoms. The minimum atomic E-state index is -0.0250. The highest BCUT2D eigenvalue weighted by molar-refractivity contribution is 9.10. The van der Waals surface area contributed by atoms with Crippen LogP contribution in [0.4, 0.5) is 5.82 Å². The van der Waals surface area contributed by atoms with Crippen LogP contribution in [0.15, 0.2) is 10.7 Å². The van der Waals surface area contributed by atoms with Gasteiger partial charge >= 0.3 is 0 Å². The maximum atomic E-state index is 4.67. The molecule has 4 heteroatoms. The average Bonchev–Trinajstić information content (AvgIpc) is 2.27. The Bertz CT molecular complexity index is 385. The molecule has 0 aliphatic heterocycles. The van der Waals surface area contributed by atoms with Crippen LogP contribution in [-0.4, -0.2) is 23.6 Å². The summed E-state index contributed by atoms with van der Waals surface area (Å²) in [5.41, 5.74) is -0.0250. The molecule has 1 aromatic heterocycles. The van der Waals surface area contributed by atoms with E-state index in [4.69, 9.17) is 0 Å². The lowest BCUT2D eigenvalue weighted by molar-refractivity contribution is 0.542. The molecule has 1 rings (SSSR count). The van der Waals surface area contributed by atoms with Gasteiger partial charge in [-0.15, -0.1) is 0 Å². The monoisotopic (exact) mass is 313 g/mol. The number of rotatable bonds is 5. The zero-order valence-electron chi connectivity index (χ0n) is 12.1. The van der Waals surface area contributed by atoms with E-state index in [1.165, 1.54) is 19.3 Å². The lowest BCUT2D eigenvalue weighted by Gasteiger charge is -2.22. The molecule has 0 aliphatic rings. The van der Waals surface area contributed by atoms with Crippen molar-refractivity contribution in [1.82, 2.24) is 9.97 Å². The second kappa shape index (κ2) is 6.50. The summed E-state index contributed by atoms with van der Waals surface area (Å²) in [4.78, 5) is 11.3. The summed E-state index contributed by atoms with van der Waals surface area (Å²) in [7, 11) is 2.09. The minimum absolute atomic E-state index is 0.0250. The predicted molar refractivity (Wildman–Crippen MR) is 81.2 cm³/mol. The third-order valence-electron chi connectivity index (χ3n) is 2.84. The van der Waals surface area contributed by atoms with Gasteiger partial charge in [-0.05, 0) is 22.4 Å². The van der Waals surface area contributed by atoms with Gasteiger partial charge in [0, 0.05) is 25.1 Å². The molecule has 1 aromatic rings. The lowest BCUT2D eigenvalue weighted by Crippen LogP contribution is -2.23. The highest BCUT2D eigenvalue weighted by Crippen LogP contribution is 2.23. The molecule has 0 bridgehead atoms. The quantitative estimate of drug-likeness (QED) is 0.603. The van der Waals surface area contributed by atoms with Gasteiger partial charge in [0.15, 0.2) is 0 Å². The molecule has 0 atom stereocenters. The lowest BCUT2D eigenvalue weighted by atomic mass is 9.96. The van der Waals surface area contributed by atoms with Crippen molar-refractivity contribution < 1.29 is 0 Å². The normalized spacial score (nSPS) is 11.7. The fourth-order valence-electron chi connectivity index (χ4n) is 1.65. The maximum absolute atomic E-state index is 4.67. The summed E-state index contributed by atoms with van der Waals surface area (Å²) < 4.78 is 0.861. The van der Waals surface area contributed by atoms with Gasteiger partial charge in [0.2, 0.25) is 0 Å². The Labute approximate surface area is 119 Å². The molecule has 0 unspecified atom stereocenters. The van der Waals surface area contributed by atoms with E-state index in [-0.39, 0.29) is 5.41 Å². The summed E-state index contributed by atoms with van der Waals surface area (Å²) in [5, 5.41) is 0. The largest absolute Gasteiger partial charge is 0.360 e. The van der Waals surface area contributed by atoms with Crippen LogP contribution < -0.4 is 4.90 Å². The number of hydrogen-bond donors (Lipinski definition) is 0. The van der Waals surface area contributed by atoms with Crippen LogP contribution in [0, 0.1) is 0 Å². The molecule has 0 saturated carbocycles. The van der Waals surface area contributed by atoms with E-state index in [1.807, 2.05) is 6.07 Å². The van der Waals surface area contributed by atoms with Gasteiger partial charge in [-0.25, -0.2) is 9.97 Å². The molecule has 0 aromatic carbocycles. The molecule has 0 spiro atoms. The SMILES string of the molecule is CCCCCN(C)c1cc(Br)nc(C(C)(C)C)n1. The summed E-state index contributed by atoms with van der Waals surface area (Å²) in [6, 6.07) is 1.99. The van der Waals surface area contributed by atoms with Crippen molar-refractivity contribution in [3.63, 3.8) is 0 Å². The minimum Gasteiger partial charge on any atom is -0.360 e. The molecule has 0 aliphatic carbocycles. The fourth-order valence-corrected chi connectivity index (χ4v) is 2.02. The van der Waals surface area contributed by atoms with Crippen molar-refractivity contribution in [2.24, 2.45) is 0 Å². The Kier molecular flexibility index (Phi) is 5.57. The van der Waals surface area contributed by atoms with Crippen LogP contribution in [0.25, 0.3) is 0 Å². The van der Waals surface area contributed by atoms with Crippen molar-refractivity contribution in [2.75, 3.05) is 18.5 Å². The molecule has 0 N–H and O–H groups in total. The molecule has 3 nitrogen and oxygen atoms in total. The van der Waals surface area contributed by atoms with Crippen molar-refractivity contribution >= 4 is 21.7 Å². The first-order valence-corrected chi connectivity index (χ1v) is 7.40. The van der Waals surface area contributed by atoms with Crippen LogP contribution in [0.5, 0.6) is 0 Å². The fraction of sp³-hybridized carbons (Fsp3) is 0.714. The van der Waals surface area contributed by atoms with E-state index in [2.05, 4.69) is 65.5 Å². The van der Waals surface area contributed by atoms with E-state index < -0.39 is 0 Å². The van der Waals surface area contributed by atoms with Gasteiger partial charge in [0.25, 0.3) is 0 Å². The second-order valence-corrected chi connectivity index (χ2v) is 6.56. The number of anilines is 1. The van der Waals surface area contributed by atoms with E-state index >= 15 is 0 Å². The summed E-state index contributed by atoms with van der Waals surface area (Å²) in [5.74, 6) is 1.88. The number of nitrogens with zero attached hydrogens (tertiary/aromatic N) is 3. The second-order valence-electron chi connectivity index (χ2n) is 5.75. The molecular formula is C14H24BrN3. The zero-order chi connectivity index (χ0) is 13.8. The number of hydrogen-bond acceptors (Lipinski definition) is 3.